The molecule has 1 fully saturated rings. The van der Waals surface area contributed by atoms with E-state index in [2.05, 4.69) is 21.5 Å². The maximum atomic E-state index is 12.4. The molecule has 1 aromatic carbocycles. The van der Waals surface area contributed by atoms with E-state index < -0.39 is 24.2 Å². The fraction of sp³-hybridized carbons (Fsp3) is 0.412. The third kappa shape index (κ3) is 3.93. The monoisotopic (exact) mass is 379 g/mol. The molecule has 3 rings (SSSR count). The summed E-state index contributed by atoms with van der Waals surface area (Å²) >= 11 is 7.27. The van der Waals surface area contributed by atoms with Crippen molar-refractivity contribution in [1.82, 2.24) is 5.32 Å². The highest BCUT2D eigenvalue weighted by Crippen LogP contribution is 2.41. The van der Waals surface area contributed by atoms with E-state index in [9.17, 15) is 15.0 Å². The minimum Gasteiger partial charge on any atom is -0.390 e. The topological polar surface area (TPSA) is 94.0 Å². The number of aliphatic hydroxyl groups is 2. The van der Waals surface area contributed by atoms with E-state index in [1.54, 1.807) is 12.1 Å². The Hall–Kier alpha value is -1.72. The van der Waals surface area contributed by atoms with E-state index in [4.69, 9.17) is 18.0 Å². The molecule has 2 aliphatic rings. The summed E-state index contributed by atoms with van der Waals surface area (Å²) in [6.45, 7) is 0.132. The van der Waals surface area contributed by atoms with Gasteiger partial charge in [0.05, 0.1) is 24.6 Å². The molecule has 0 spiro atoms. The van der Waals surface area contributed by atoms with E-state index in [1.807, 2.05) is 12.1 Å². The summed E-state index contributed by atoms with van der Waals surface area (Å²) in [5, 5.41) is 27.1. The Labute approximate surface area is 155 Å². The molecule has 1 saturated carbocycles. The average molecular weight is 380 g/mol. The Morgan fingerprint density at radius 3 is 2.80 bits per heavy atom. The first kappa shape index (κ1) is 18.1. The Balaban J connectivity index is 1.75. The van der Waals surface area contributed by atoms with Crippen molar-refractivity contribution < 1.29 is 15.0 Å². The van der Waals surface area contributed by atoms with Gasteiger partial charge in [-0.05, 0) is 30.7 Å². The molecule has 0 bridgehead atoms. The standard InChI is InChI=1S/C17H18ClN3O3S/c1-2-7-19-16(24)11-8-12(22)14(23)13-15(11)25-17(21-13)20-10-5-3-9(18)4-6-10/h1,3-6,11-15,22-23H,7-8H2,(H,19,24)(H,20,21)/t11-,12+,13-,14-,15+/m0/s1. The van der Waals surface area contributed by atoms with Crippen molar-refractivity contribution >= 4 is 40.1 Å². The maximum absolute atomic E-state index is 12.4. The molecule has 6 nitrogen and oxygen atoms in total. The minimum absolute atomic E-state index is 0.132. The molecule has 25 heavy (non-hydrogen) atoms. The Morgan fingerprint density at radius 1 is 1.40 bits per heavy atom. The number of aliphatic hydroxyl groups excluding tert-OH is 2. The number of rotatable bonds is 3. The van der Waals surface area contributed by atoms with Crippen LogP contribution in [-0.2, 0) is 4.79 Å². The zero-order chi connectivity index (χ0) is 18.0. The smallest absolute Gasteiger partial charge is 0.225 e. The SMILES string of the molecule is C#CCNC(=O)[C@H]1C[C@@H](O)[C@H](O)[C@@H]2N=C(Nc3ccc(Cl)cc3)S[C@@H]21. The highest BCUT2D eigenvalue weighted by atomic mass is 35.5. The molecular weight excluding hydrogens is 362 g/mol. The predicted molar refractivity (Wildman–Crippen MR) is 99.6 cm³/mol. The van der Waals surface area contributed by atoms with Crippen LogP contribution in [0, 0.1) is 18.3 Å². The van der Waals surface area contributed by atoms with Crippen molar-refractivity contribution in [2.24, 2.45) is 10.9 Å². The molecule has 0 unspecified atom stereocenters. The Bertz CT molecular complexity index is 719. The van der Waals surface area contributed by atoms with Crippen molar-refractivity contribution in [2.45, 2.75) is 29.9 Å². The van der Waals surface area contributed by atoms with Crippen LogP contribution < -0.4 is 10.6 Å². The molecule has 132 valence electrons. The van der Waals surface area contributed by atoms with E-state index >= 15 is 0 Å². The van der Waals surface area contributed by atoms with E-state index in [1.165, 1.54) is 11.8 Å². The van der Waals surface area contributed by atoms with Gasteiger partial charge in [-0.3, -0.25) is 9.79 Å². The predicted octanol–water partition coefficient (Wildman–Crippen LogP) is 1.08. The first-order valence-electron chi connectivity index (χ1n) is 7.84. The van der Waals surface area contributed by atoms with Gasteiger partial charge < -0.3 is 20.8 Å². The highest BCUT2D eigenvalue weighted by molar-refractivity contribution is 8.15. The van der Waals surface area contributed by atoms with Gasteiger partial charge in [-0.25, -0.2) is 0 Å². The third-order valence-corrected chi connectivity index (χ3v) is 5.85. The van der Waals surface area contributed by atoms with Gasteiger partial charge >= 0.3 is 0 Å². The zero-order valence-corrected chi connectivity index (χ0v) is 14.8. The molecule has 1 heterocycles. The van der Waals surface area contributed by atoms with Crippen molar-refractivity contribution in [3.05, 3.63) is 29.3 Å². The quantitative estimate of drug-likeness (QED) is 0.590. The summed E-state index contributed by atoms with van der Waals surface area (Å²) in [5.74, 6) is 1.66. The number of fused-ring (bicyclic) bond motifs is 1. The first-order chi connectivity index (χ1) is 12.0. The van der Waals surface area contributed by atoms with Crippen LogP contribution in [0.15, 0.2) is 29.3 Å². The van der Waals surface area contributed by atoms with Crippen molar-refractivity contribution in [2.75, 3.05) is 11.9 Å². The third-order valence-electron chi connectivity index (χ3n) is 4.28. The molecule has 8 heteroatoms. The van der Waals surface area contributed by atoms with Crippen LogP contribution in [0.1, 0.15) is 6.42 Å². The number of carbonyl (C=O) groups is 1. The van der Waals surface area contributed by atoms with Gasteiger partial charge in [0, 0.05) is 16.0 Å². The molecule has 0 radical (unpaired) electrons. The number of carbonyl (C=O) groups excluding carboxylic acids is 1. The average Bonchev–Trinajstić information content (AvgIpc) is 3.02. The maximum Gasteiger partial charge on any atom is 0.225 e. The number of thioether (sulfide) groups is 1. The Kier molecular flexibility index (Phi) is 5.54. The molecule has 1 aliphatic heterocycles. The summed E-state index contributed by atoms with van der Waals surface area (Å²) in [5.41, 5.74) is 0.803. The molecule has 0 aromatic heterocycles. The van der Waals surface area contributed by atoms with Crippen LogP contribution >= 0.6 is 23.4 Å². The summed E-state index contributed by atoms with van der Waals surface area (Å²) in [7, 11) is 0. The lowest BCUT2D eigenvalue weighted by atomic mass is 9.81. The number of hydrogen-bond donors (Lipinski definition) is 4. The molecule has 1 amide bonds. The van der Waals surface area contributed by atoms with E-state index in [0.717, 1.165) is 5.69 Å². The molecular formula is C17H18ClN3O3S. The van der Waals surface area contributed by atoms with Gasteiger partial charge in [-0.2, -0.15) is 0 Å². The normalized spacial score (nSPS) is 30.8. The zero-order valence-electron chi connectivity index (χ0n) is 13.2. The van der Waals surface area contributed by atoms with Crippen molar-refractivity contribution in [3.8, 4) is 12.3 Å². The summed E-state index contributed by atoms with van der Waals surface area (Å²) < 4.78 is 0. The summed E-state index contributed by atoms with van der Waals surface area (Å²) in [4.78, 5) is 16.8. The van der Waals surface area contributed by atoms with Gasteiger partial charge in [0.2, 0.25) is 5.91 Å². The van der Waals surface area contributed by atoms with Crippen molar-refractivity contribution in [1.29, 1.82) is 0 Å². The summed E-state index contributed by atoms with van der Waals surface area (Å²) in [6, 6.07) is 6.59. The number of amidine groups is 1. The van der Waals surface area contributed by atoms with E-state index in [-0.39, 0.29) is 24.1 Å². The van der Waals surface area contributed by atoms with Gasteiger partial charge in [0.15, 0.2) is 5.17 Å². The van der Waals surface area contributed by atoms with Crippen LogP contribution in [0.5, 0.6) is 0 Å². The van der Waals surface area contributed by atoms with Gasteiger partial charge in [-0.15, -0.1) is 6.42 Å². The molecule has 1 aromatic rings. The Morgan fingerprint density at radius 2 is 2.12 bits per heavy atom. The van der Waals surface area contributed by atoms with E-state index in [0.29, 0.717) is 10.2 Å². The first-order valence-corrected chi connectivity index (χ1v) is 9.09. The second-order valence-electron chi connectivity index (χ2n) is 5.96. The lowest BCUT2D eigenvalue weighted by Gasteiger charge is -2.37. The number of hydrogen-bond acceptors (Lipinski definition) is 6. The molecule has 4 N–H and O–H groups in total. The second kappa shape index (κ2) is 7.67. The van der Waals surface area contributed by atoms with Crippen LogP contribution in [0.2, 0.25) is 5.02 Å². The largest absolute Gasteiger partial charge is 0.390 e. The number of anilines is 1. The van der Waals surface area contributed by atoms with Crippen LogP contribution in [0.4, 0.5) is 5.69 Å². The van der Waals surface area contributed by atoms with Crippen LogP contribution in [0.3, 0.4) is 0 Å². The number of nitrogens with zero attached hydrogens (tertiary/aromatic N) is 1. The number of nitrogens with one attached hydrogen (secondary N) is 2. The fourth-order valence-corrected chi connectivity index (χ4v) is 4.54. The van der Waals surface area contributed by atoms with Crippen molar-refractivity contribution in [3.63, 3.8) is 0 Å². The van der Waals surface area contributed by atoms with Gasteiger partial charge in [0.25, 0.3) is 0 Å². The number of aliphatic imine (C=N–C) groups is 1. The number of terminal acetylenes is 1. The number of amides is 1. The van der Waals surface area contributed by atoms with Gasteiger partial charge in [-0.1, -0.05) is 29.3 Å². The number of benzene rings is 1. The summed E-state index contributed by atoms with van der Waals surface area (Å²) in [6.07, 6.45) is 3.36. The highest BCUT2D eigenvalue weighted by Gasteiger charge is 2.50. The van der Waals surface area contributed by atoms with Crippen LogP contribution in [0.25, 0.3) is 0 Å². The molecule has 5 atom stereocenters. The van der Waals surface area contributed by atoms with Crippen LogP contribution in [-0.4, -0.2) is 51.3 Å². The minimum atomic E-state index is -1.00. The molecule has 1 aliphatic carbocycles. The fourth-order valence-electron chi connectivity index (χ4n) is 3.03. The van der Waals surface area contributed by atoms with Gasteiger partial charge in [0.1, 0.15) is 6.10 Å². The number of halogens is 1. The second-order valence-corrected chi connectivity index (χ2v) is 7.56. The lowest BCUT2D eigenvalue weighted by Crippen LogP contribution is -2.54. The lowest BCUT2D eigenvalue weighted by molar-refractivity contribution is -0.129. The molecule has 0 saturated heterocycles.